The summed E-state index contributed by atoms with van der Waals surface area (Å²) >= 11 is 6.28. The maximum absolute atomic E-state index is 11.8. The van der Waals surface area contributed by atoms with Gasteiger partial charge in [0, 0.05) is 28.9 Å². The predicted octanol–water partition coefficient (Wildman–Crippen LogP) is 3.09. The van der Waals surface area contributed by atoms with E-state index in [9.17, 15) is 9.59 Å². The Kier molecular flexibility index (Phi) is 3.49. The molecule has 1 amide bonds. The van der Waals surface area contributed by atoms with Gasteiger partial charge in [-0.1, -0.05) is 11.6 Å². The first-order valence-electron chi connectivity index (χ1n) is 6.97. The number of halogens is 1. The molecule has 2 aromatic rings. The Morgan fingerprint density at radius 1 is 1.38 bits per heavy atom. The fraction of sp³-hybridized carbons (Fsp3) is 0.375. The third-order valence-corrected chi connectivity index (χ3v) is 4.45. The highest BCUT2D eigenvalue weighted by Gasteiger charge is 2.29. The Morgan fingerprint density at radius 3 is 2.76 bits per heavy atom. The molecule has 1 heterocycles. The van der Waals surface area contributed by atoms with Gasteiger partial charge in [-0.2, -0.15) is 0 Å². The molecule has 1 aromatic heterocycles. The normalized spacial score (nSPS) is 14.4. The van der Waals surface area contributed by atoms with Crippen molar-refractivity contribution in [3.63, 3.8) is 0 Å². The van der Waals surface area contributed by atoms with Crippen LogP contribution in [0, 0.1) is 19.8 Å². The number of benzene rings is 1. The van der Waals surface area contributed by atoms with Gasteiger partial charge in [-0.25, -0.2) is 4.79 Å². The van der Waals surface area contributed by atoms with Crippen molar-refractivity contribution in [1.82, 2.24) is 5.32 Å². The Labute approximate surface area is 127 Å². The molecular formula is C16H16ClNO3. The summed E-state index contributed by atoms with van der Waals surface area (Å²) < 4.78 is 5.26. The highest BCUT2D eigenvalue weighted by Crippen LogP contribution is 2.31. The molecule has 110 valence electrons. The molecule has 0 bridgehead atoms. The van der Waals surface area contributed by atoms with Gasteiger partial charge in [0.1, 0.15) is 5.58 Å². The molecule has 0 unspecified atom stereocenters. The molecule has 5 heteroatoms. The van der Waals surface area contributed by atoms with Crippen LogP contribution in [0.3, 0.4) is 0 Å². The van der Waals surface area contributed by atoms with Gasteiger partial charge in [-0.15, -0.1) is 0 Å². The van der Waals surface area contributed by atoms with Gasteiger partial charge in [0.15, 0.2) is 0 Å². The van der Waals surface area contributed by atoms with Crippen LogP contribution in [0.1, 0.15) is 29.5 Å². The molecule has 0 atom stereocenters. The zero-order valence-electron chi connectivity index (χ0n) is 12.0. The van der Waals surface area contributed by atoms with E-state index in [0.717, 1.165) is 34.9 Å². The molecule has 4 nitrogen and oxygen atoms in total. The number of carbonyl (C=O) groups excluding carboxylic acids is 1. The molecule has 1 aliphatic rings. The minimum Gasteiger partial charge on any atom is -0.423 e. The van der Waals surface area contributed by atoms with Gasteiger partial charge in [-0.05, 0) is 49.4 Å². The van der Waals surface area contributed by atoms with Crippen molar-refractivity contribution in [3.05, 3.63) is 44.3 Å². The Bertz CT molecular complexity index is 790. The predicted molar refractivity (Wildman–Crippen MR) is 81.5 cm³/mol. The molecule has 1 aliphatic carbocycles. The van der Waals surface area contributed by atoms with Crippen molar-refractivity contribution in [3.8, 4) is 0 Å². The summed E-state index contributed by atoms with van der Waals surface area (Å²) in [6.07, 6.45) is 1.90. The van der Waals surface area contributed by atoms with Crippen LogP contribution in [0.4, 0.5) is 0 Å². The average Bonchev–Trinajstić information content (AvgIpc) is 3.26. The lowest BCUT2D eigenvalue weighted by molar-refractivity contribution is -0.122. The summed E-state index contributed by atoms with van der Waals surface area (Å²) in [4.78, 5) is 23.5. The quantitative estimate of drug-likeness (QED) is 0.887. The van der Waals surface area contributed by atoms with Crippen LogP contribution in [-0.4, -0.2) is 5.91 Å². The van der Waals surface area contributed by atoms with E-state index in [1.165, 1.54) is 6.07 Å². The third kappa shape index (κ3) is 2.68. The number of carbonyl (C=O) groups is 1. The molecule has 21 heavy (non-hydrogen) atoms. The molecule has 0 aliphatic heterocycles. The van der Waals surface area contributed by atoms with E-state index in [4.69, 9.17) is 16.0 Å². The lowest BCUT2D eigenvalue weighted by Gasteiger charge is -2.12. The topological polar surface area (TPSA) is 59.3 Å². The second-order valence-electron chi connectivity index (χ2n) is 5.59. The molecule has 1 aromatic carbocycles. The molecule has 3 rings (SSSR count). The zero-order valence-corrected chi connectivity index (χ0v) is 12.7. The maximum Gasteiger partial charge on any atom is 0.336 e. The van der Waals surface area contributed by atoms with Crippen molar-refractivity contribution in [2.75, 3.05) is 0 Å². The Morgan fingerprint density at radius 2 is 2.10 bits per heavy atom. The summed E-state index contributed by atoms with van der Waals surface area (Å²) in [5.74, 6) is 0.190. The van der Waals surface area contributed by atoms with Crippen LogP contribution in [0.2, 0.25) is 5.02 Å². The lowest BCUT2D eigenvalue weighted by atomic mass is 10.0. The molecule has 1 saturated carbocycles. The number of amides is 1. The Balaban J connectivity index is 2.05. The highest BCUT2D eigenvalue weighted by molar-refractivity contribution is 6.33. The maximum atomic E-state index is 11.8. The summed E-state index contributed by atoms with van der Waals surface area (Å²) in [7, 11) is 0. The minimum atomic E-state index is -0.417. The van der Waals surface area contributed by atoms with E-state index >= 15 is 0 Å². The van der Waals surface area contributed by atoms with E-state index in [-0.39, 0.29) is 11.8 Å². The highest BCUT2D eigenvalue weighted by atomic mass is 35.5. The fourth-order valence-corrected chi connectivity index (χ4v) is 2.71. The van der Waals surface area contributed by atoms with Crippen LogP contribution in [0.15, 0.2) is 21.3 Å². The number of hydrogen-bond donors (Lipinski definition) is 1. The van der Waals surface area contributed by atoms with Crippen LogP contribution in [0.5, 0.6) is 0 Å². The molecule has 1 N–H and O–H groups in total. The van der Waals surface area contributed by atoms with Crippen LogP contribution in [0.25, 0.3) is 11.0 Å². The summed E-state index contributed by atoms with van der Waals surface area (Å²) in [6, 6.07) is 3.19. The molecule has 0 spiro atoms. The zero-order chi connectivity index (χ0) is 15.1. The SMILES string of the molecule is Cc1cc2oc(=O)cc(CNC(=O)C3CC3)c2c(C)c1Cl. The van der Waals surface area contributed by atoms with E-state index in [1.54, 1.807) is 6.07 Å². The van der Waals surface area contributed by atoms with E-state index in [2.05, 4.69) is 5.32 Å². The lowest BCUT2D eigenvalue weighted by Crippen LogP contribution is -2.24. The second kappa shape index (κ2) is 5.19. The number of rotatable bonds is 3. The summed E-state index contributed by atoms with van der Waals surface area (Å²) in [5, 5.41) is 4.34. The number of nitrogens with one attached hydrogen (secondary N) is 1. The van der Waals surface area contributed by atoms with Crippen LogP contribution >= 0.6 is 11.6 Å². The van der Waals surface area contributed by atoms with Crippen molar-refractivity contribution < 1.29 is 9.21 Å². The summed E-state index contributed by atoms with van der Waals surface area (Å²) in [6.45, 7) is 4.08. The molecular weight excluding hydrogens is 290 g/mol. The van der Waals surface area contributed by atoms with E-state index in [0.29, 0.717) is 17.2 Å². The van der Waals surface area contributed by atoms with Crippen molar-refractivity contribution in [1.29, 1.82) is 0 Å². The van der Waals surface area contributed by atoms with Crippen LogP contribution in [-0.2, 0) is 11.3 Å². The molecule has 0 radical (unpaired) electrons. The number of fused-ring (bicyclic) bond motifs is 1. The Hall–Kier alpha value is -1.81. The van der Waals surface area contributed by atoms with Crippen molar-refractivity contribution >= 4 is 28.5 Å². The number of aryl methyl sites for hydroxylation is 2. The summed E-state index contributed by atoms with van der Waals surface area (Å²) in [5.41, 5.74) is 2.57. The van der Waals surface area contributed by atoms with Gasteiger partial charge in [0.25, 0.3) is 0 Å². The first kappa shape index (κ1) is 14.1. The standard InChI is InChI=1S/C16H16ClNO3/c1-8-5-12-14(9(2)15(8)17)11(6-13(19)21-12)7-18-16(20)10-3-4-10/h5-6,10H,3-4,7H2,1-2H3,(H,18,20). The fourth-order valence-electron chi connectivity index (χ4n) is 2.57. The minimum absolute atomic E-state index is 0.0484. The largest absolute Gasteiger partial charge is 0.423 e. The first-order valence-corrected chi connectivity index (χ1v) is 7.35. The number of hydrogen-bond acceptors (Lipinski definition) is 3. The van der Waals surface area contributed by atoms with Gasteiger partial charge in [-0.3, -0.25) is 4.79 Å². The second-order valence-corrected chi connectivity index (χ2v) is 5.97. The average molecular weight is 306 g/mol. The first-order chi connectivity index (χ1) is 9.97. The van der Waals surface area contributed by atoms with Crippen LogP contribution < -0.4 is 10.9 Å². The van der Waals surface area contributed by atoms with Gasteiger partial charge < -0.3 is 9.73 Å². The van der Waals surface area contributed by atoms with Crippen molar-refractivity contribution in [2.24, 2.45) is 5.92 Å². The van der Waals surface area contributed by atoms with Crippen molar-refractivity contribution in [2.45, 2.75) is 33.2 Å². The van der Waals surface area contributed by atoms with E-state index in [1.807, 2.05) is 13.8 Å². The monoisotopic (exact) mass is 305 g/mol. The van der Waals surface area contributed by atoms with E-state index < -0.39 is 5.63 Å². The smallest absolute Gasteiger partial charge is 0.336 e. The molecule has 1 fully saturated rings. The molecule has 0 saturated heterocycles. The van der Waals surface area contributed by atoms with Gasteiger partial charge >= 0.3 is 5.63 Å². The third-order valence-electron chi connectivity index (χ3n) is 3.87. The van der Waals surface area contributed by atoms with Gasteiger partial charge in [0.05, 0.1) is 0 Å². The van der Waals surface area contributed by atoms with Gasteiger partial charge in [0.2, 0.25) is 5.91 Å².